The maximum atomic E-state index is 2.45. The standard InChI is InChI=1S/C16H12SSi/c1-3-7-14-13(6-1)11-16(17-14)18-10-9-12-5-2-4-8-15(12)18/h1-11,18H. The zero-order valence-corrected chi connectivity index (χ0v) is 11.8. The Labute approximate surface area is 112 Å². The Morgan fingerprint density at radius 2 is 1.72 bits per heavy atom. The summed E-state index contributed by atoms with van der Waals surface area (Å²) in [6.45, 7) is 0. The average Bonchev–Trinajstić information content (AvgIpc) is 3.02. The van der Waals surface area contributed by atoms with E-state index in [0.29, 0.717) is 0 Å². The van der Waals surface area contributed by atoms with Crippen LogP contribution >= 0.6 is 11.3 Å². The van der Waals surface area contributed by atoms with Gasteiger partial charge < -0.3 is 0 Å². The van der Waals surface area contributed by atoms with E-state index in [1.54, 1.807) is 9.69 Å². The third kappa shape index (κ3) is 1.50. The second-order valence-corrected chi connectivity index (χ2v) is 8.77. The predicted molar refractivity (Wildman–Crippen MR) is 83.7 cm³/mol. The van der Waals surface area contributed by atoms with Gasteiger partial charge >= 0.3 is 0 Å². The van der Waals surface area contributed by atoms with Gasteiger partial charge in [0.25, 0.3) is 0 Å². The Morgan fingerprint density at radius 3 is 2.67 bits per heavy atom. The van der Waals surface area contributed by atoms with E-state index in [-0.39, 0.29) is 0 Å². The number of hydrogen-bond donors (Lipinski definition) is 0. The van der Waals surface area contributed by atoms with E-state index < -0.39 is 8.80 Å². The molecule has 0 saturated carbocycles. The first-order valence-corrected chi connectivity index (χ1v) is 8.81. The van der Waals surface area contributed by atoms with Gasteiger partial charge in [-0.3, -0.25) is 0 Å². The van der Waals surface area contributed by atoms with E-state index in [1.807, 2.05) is 11.3 Å². The molecule has 3 aromatic rings. The van der Waals surface area contributed by atoms with Crippen molar-refractivity contribution in [2.24, 2.45) is 0 Å². The molecular formula is C16H12SSi. The quantitative estimate of drug-likeness (QED) is 0.593. The largest absolute Gasteiger partial charge is 0.144 e. The highest BCUT2D eigenvalue weighted by atomic mass is 32.1. The fourth-order valence-electron chi connectivity index (χ4n) is 2.65. The summed E-state index contributed by atoms with van der Waals surface area (Å²) >= 11 is 1.97. The third-order valence-electron chi connectivity index (χ3n) is 3.55. The molecule has 0 radical (unpaired) electrons. The smallest absolute Gasteiger partial charge is 0.138 e. The third-order valence-corrected chi connectivity index (χ3v) is 8.16. The zero-order chi connectivity index (χ0) is 11.9. The van der Waals surface area contributed by atoms with Crippen molar-refractivity contribution in [3.63, 3.8) is 0 Å². The van der Waals surface area contributed by atoms with Gasteiger partial charge in [0.1, 0.15) is 8.80 Å². The first-order valence-electron chi connectivity index (χ1n) is 6.17. The van der Waals surface area contributed by atoms with Crippen LogP contribution < -0.4 is 9.69 Å². The van der Waals surface area contributed by atoms with Crippen LogP contribution in [0.3, 0.4) is 0 Å². The molecule has 1 unspecified atom stereocenters. The van der Waals surface area contributed by atoms with Gasteiger partial charge in [-0.05, 0) is 32.8 Å². The molecule has 0 spiro atoms. The molecule has 2 heteroatoms. The van der Waals surface area contributed by atoms with Crippen LogP contribution in [0.2, 0.25) is 0 Å². The van der Waals surface area contributed by atoms with Gasteiger partial charge in [0.15, 0.2) is 0 Å². The molecule has 0 saturated heterocycles. The topological polar surface area (TPSA) is 0 Å². The molecule has 1 aromatic heterocycles. The zero-order valence-electron chi connectivity index (χ0n) is 9.84. The highest BCUT2D eigenvalue weighted by Gasteiger charge is 2.21. The predicted octanol–water partition coefficient (Wildman–Crippen LogP) is 2.81. The first kappa shape index (κ1) is 10.3. The summed E-state index contributed by atoms with van der Waals surface area (Å²) in [7, 11) is -1.07. The Bertz CT molecular complexity index is 721. The van der Waals surface area contributed by atoms with Crippen molar-refractivity contribution in [3.05, 3.63) is 65.9 Å². The van der Waals surface area contributed by atoms with E-state index in [9.17, 15) is 0 Å². The molecule has 18 heavy (non-hydrogen) atoms. The van der Waals surface area contributed by atoms with Gasteiger partial charge in [0.2, 0.25) is 0 Å². The van der Waals surface area contributed by atoms with E-state index >= 15 is 0 Å². The van der Waals surface area contributed by atoms with Gasteiger partial charge in [0.05, 0.1) is 0 Å². The van der Waals surface area contributed by atoms with Crippen LogP contribution in [-0.2, 0) is 0 Å². The minimum Gasteiger partial charge on any atom is -0.144 e. The summed E-state index contributed by atoms with van der Waals surface area (Å²) in [5.41, 5.74) is 3.88. The molecule has 4 rings (SSSR count). The molecule has 1 atom stereocenters. The normalized spacial score (nSPS) is 17.2. The van der Waals surface area contributed by atoms with Crippen molar-refractivity contribution in [2.45, 2.75) is 0 Å². The molecule has 0 nitrogen and oxygen atoms in total. The lowest BCUT2D eigenvalue weighted by Gasteiger charge is -2.06. The molecule has 1 aliphatic rings. The lowest BCUT2D eigenvalue weighted by molar-refractivity contribution is 1.73. The molecular weight excluding hydrogens is 252 g/mol. The summed E-state index contributed by atoms with van der Waals surface area (Å²) in [6.07, 6.45) is 2.30. The molecule has 0 amide bonds. The van der Waals surface area contributed by atoms with Crippen molar-refractivity contribution < 1.29 is 0 Å². The van der Waals surface area contributed by atoms with Crippen LogP contribution in [-0.4, -0.2) is 8.80 Å². The highest BCUT2D eigenvalue weighted by molar-refractivity contribution is 7.31. The average molecular weight is 264 g/mol. The van der Waals surface area contributed by atoms with Crippen LogP contribution in [0.15, 0.2) is 60.3 Å². The number of hydrogen-bond acceptors (Lipinski definition) is 1. The summed E-state index contributed by atoms with van der Waals surface area (Å²) in [5, 5.41) is 2.96. The highest BCUT2D eigenvalue weighted by Crippen LogP contribution is 2.21. The Balaban J connectivity index is 1.87. The van der Waals surface area contributed by atoms with Gasteiger partial charge in [-0.15, -0.1) is 11.3 Å². The molecule has 0 aliphatic carbocycles. The van der Waals surface area contributed by atoms with Crippen molar-refractivity contribution in [2.75, 3.05) is 0 Å². The lowest BCUT2D eigenvalue weighted by Crippen LogP contribution is -2.37. The van der Waals surface area contributed by atoms with Gasteiger partial charge in [-0.1, -0.05) is 54.2 Å². The van der Waals surface area contributed by atoms with E-state index in [2.05, 4.69) is 66.4 Å². The van der Waals surface area contributed by atoms with Crippen molar-refractivity contribution >= 4 is 46.0 Å². The molecule has 86 valence electrons. The molecule has 0 N–H and O–H groups in total. The van der Waals surface area contributed by atoms with Crippen LogP contribution in [0, 0.1) is 0 Å². The first-order chi connectivity index (χ1) is 8.92. The Hall–Kier alpha value is -1.64. The fraction of sp³-hybridized carbons (Fsp3) is 0. The Kier molecular flexibility index (Phi) is 2.25. The SMILES string of the molecule is C1=C[SiH](c2cc3ccccc3s2)c2ccccc21. The molecule has 0 fully saturated rings. The van der Waals surface area contributed by atoms with E-state index in [1.165, 1.54) is 15.6 Å². The summed E-state index contributed by atoms with van der Waals surface area (Å²) in [6, 6.07) is 19.9. The lowest BCUT2D eigenvalue weighted by atomic mass is 10.2. The summed E-state index contributed by atoms with van der Waals surface area (Å²) in [4.78, 5) is 0. The monoisotopic (exact) mass is 264 g/mol. The van der Waals surface area contributed by atoms with Crippen molar-refractivity contribution in [1.29, 1.82) is 0 Å². The van der Waals surface area contributed by atoms with E-state index in [0.717, 1.165) is 0 Å². The number of rotatable bonds is 1. The van der Waals surface area contributed by atoms with Crippen LogP contribution in [0.4, 0.5) is 0 Å². The molecule has 2 aromatic carbocycles. The van der Waals surface area contributed by atoms with Crippen molar-refractivity contribution in [3.8, 4) is 0 Å². The fourth-order valence-corrected chi connectivity index (χ4v) is 7.32. The van der Waals surface area contributed by atoms with Gasteiger partial charge in [0, 0.05) is 4.70 Å². The summed E-state index contributed by atoms with van der Waals surface area (Å²) in [5.74, 6) is 0. The maximum absolute atomic E-state index is 2.45. The number of thiophene rings is 1. The van der Waals surface area contributed by atoms with Crippen LogP contribution in [0.1, 0.15) is 5.56 Å². The molecule has 0 bridgehead atoms. The number of benzene rings is 2. The van der Waals surface area contributed by atoms with Crippen LogP contribution in [0.5, 0.6) is 0 Å². The minimum absolute atomic E-state index is 1.07. The van der Waals surface area contributed by atoms with Crippen molar-refractivity contribution in [1.82, 2.24) is 0 Å². The van der Waals surface area contributed by atoms with Crippen LogP contribution in [0.25, 0.3) is 16.2 Å². The Morgan fingerprint density at radius 1 is 0.889 bits per heavy atom. The van der Waals surface area contributed by atoms with Gasteiger partial charge in [-0.2, -0.15) is 0 Å². The maximum Gasteiger partial charge on any atom is 0.138 e. The number of fused-ring (bicyclic) bond motifs is 2. The second-order valence-electron chi connectivity index (χ2n) is 4.65. The molecule has 1 aliphatic heterocycles. The minimum atomic E-state index is -1.07. The molecule has 2 heterocycles. The second kappa shape index (κ2) is 3.94. The van der Waals surface area contributed by atoms with Gasteiger partial charge in [-0.25, -0.2) is 0 Å². The van der Waals surface area contributed by atoms with E-state index in [4.69, 9.17) is 0 Å². The summed E-state index contributed by atoms with van der Waals surface area (Å²) < 4.78 is 3.00.